The lowest BCUT2D eigenvalue weighted by atomic mass is 10.5. The molecule has 0 fully saturated rings. The smallest absolute Gasteiger partial charge is 0.180 e. The van der Waals surface area contributed by atoms with E-state index in [1.165, 1.54) is 23.1 Å². The number of rotatable bonds is 2. The monoisotopic (exact) mass is 278 g/mol. The van der Waals surface area contributed by atoms with Crippen molar-refractivity contribution in [2.24, 2.45) is 0 Å². The topological polar surface area (TPSA) is 64.7 Å². The zero-order valence-corrected chi connectivity index (χ0v) is 10.3. The van der Waals surface area contributed by atoms with Gasteiger partial charge in [-0.05, 0) is 17.8 Å². The molecule has 0 radical (unpaired) electrons. The molecular formula is C7H4Cl2N4S2. The van der Waals surface area contributed by atoms with E-state index in [9.17, 15) is 0 Å². The van der Waals surface area contributed by atoms with Crippen LogP contribution >= 0.6 is 46.3 Å². The Morgan fingerprint density at radius 3 is 2.80 bits per heavy atom. The van der Waals surface area contributed by atoms with Crippen LogP contribution in [-0.2, 0) is 0 Å². The molecule has 0 saturated heterocycles. The van der Waals surface area contributed by atoms with Gasteiger partial charge in [-0.3, -0.25) is 0 Å². The van der Waals surface area contributed by atoms with Crippen molar-refractivity contribution < 1.29 is 0 Å². The summed E-state index contributed by atoms with van der Waals surface area (Å²) in [6.45, 7) is 0. The van der Waals surface area contributed by atoms with Crippen LogP contribution in [0.1, 0.15) is 0 Å². The molecule has 0 bridgehead atoms. The summed E-state index contributed by atoms with van der Waals surface area (Å²) in [4.78, 5) is 4.06. The van der Waals surface area contributed by atoms with Gasteiger partial charge in [-0.15, -0.1) is 10.2 Å². The highest BCUT2D eigenvalue weighted by Crippen LogP contribution is 2.35. The van der Waals surface area contributed by atoms with Crippen LogP contribution in [0.25, 0.3) is 0 Å². The fourth-order valence-corrected chi connectivity index (χ4v) is 2.69. The molecule has 2 aromatic heterocycles. The quantitative estimate of drug-likeness (QED) is 0.915. The van der Waals surface area contributed by atoms with Crippen molar-refractivity contribution in [1.82, 2.24) is 15.2 Å². The van der Waals surface area contributed by atoms with E-state index in [4.69, 9.17) is 28.9 Å². The van der Waals surface area contributed by atoms with Gasteiger partial charge >= 0.3 is 0 Å². The minimum Gasteiger partial charge on any atom is -0.382 e. The fraction of sp³-hybridized carbons (Fsp3) is 0. The second-order valence-electron chi connectivity index (χ2n) is 2.45. The highest BCUT2D eigenvalue weighted by molar-refractivity contribution is 8.01. The van der Waals surface area contributed by atoms with E-state index in [0.717, 1.165) is 4.34 Å². The minimum absolute atomic E-state index is 0.257. The number of aromatic nitrogens is 3. The van der Waals surface area contributed by atoms with Crippen LogP contribution in [0.15, 0.2) is 20.9 Å². The van der Waals surface area contributed by atoms with Crippen molar-refractivity contribution >= 4 is 52.1 Å². The minimum atomic E-state index is 0.257. The number of anilines is 1. The number of nitrogen functional groups attached to an aromatic ring is 1. The maximum absolute atomic E-state index is 5.95. The van der Waals surface area contributed by atoms with Gasteiger partial charge in [0.05, 0.1) is 10.0 Å². The van der Waals surface area contributed by atoms with Crippen molar-refractivity contribution in [3.8, 4) is 0 Å². The zero-order valence-electron chi connectivity index (χ0n) is 7.15. The predicted octanol–water partition coefficient (Wildman–Crippen LogP) is 2.97. The Hall–Kier alpha value is -0.560. The maximum Gasteiger partial charge on any atom is 0.180 e. The average Bonchev–Trinajstić information content (AvgIpc) is 2.67. The van der Waals surface area contributed by atoms with Crippen molar-refractivity contribution in [3.05, 3.63) is 21.6 Å². The molecule has 0 aliphatic heterocycles. The number of nitrogens with zero attached hydrogens (tertiary/aromatic N) is 3. The average molecular weight is 279 g/mol. The summed E-state index contributed by atoms with van der Waals surface area (Å²) in [7, 11) is 0. The molecule has 0 spiro atoms. The van der Waals surface area contributed by atoms with Crippen molar-refractivity contribution in [3.63, 3.8) is 0 Å². The Morgan fingerprint density at radius 2 is 2.13 bits per heavy atom. The van der Waals surface area contributed by atoms with Gasteiger partial charge in [0.25, 0.3) is 0 Å². The highest BCUT2D eigenvalue weighted by Gasteiger charge is 2.10. The third-order valence-corrected chi connectivity index (χ3v) is 3.93. The van der Waals surface area contributed by atoms with E-state index >= 15 is 0 Å². The first-order valence-corrected chi connectivity index (χ1v) is 6.17. The number of halogens is 2. The highest BCUT2D eigenvalue weighted by atomic mass is 35.5. The summed E-state index contributed by atoms with van der Waals surface area (Å²) in [5.74, 6) is 0.257. The summed E-state index contributed by atoms with van der Waals surface area (Å²) >= 11 is 14.4. The second-order valence-corrected chi connectivity index (χ2v) is 5.33. The van der Waals surface area contributed by atoms with Crippen LogP contribution in [0.2, 0.25) is 10.0 Å². The molecule has 2 rings (SSSR count). The van der Waals surface area contributed by atoms with Crippen LogP contribution < -0.4 is 5.73 Å². The third-order valence-electron chi connectivity index (χ3n) is 1.45. The number of hydrogen-bond acceptors (Lipinski definition) is 6. The molecule has 2 heterocycles. The first-order valence-electron chi connectivity index (χ1n) is 3.72. The van der Waals surface area contributed by atoms with Gasteiger partial charge in [0, 0.05) is 0 Å². The molecule has 78 valence electrons. The first kappa shape index (κ1) is 10.9. The van der Waals surface area contributed by atoms with Gasteiger partial charge in [0.15, 0.2) is 4.34 Å². The summed E-state index contributed by atoms with van der Waals surface area (Å²) in [5.41, 5.74) is 7.21. The van der Waals surface area contributed by atoms with E-state index in [1.807, 2.05) is 0 Å². The zero-order chi connectivity index (χ0) is 10.8. The Morgan fingerprint density at radius 1 is 1.33 bits per heavy atom. The second kappa shape index (κ2) is 4.52. The SMILES string of the molecule is Nc1nc(Sc2nncs2)c(Cl)cc1Cl. The van der Waals surface area contributed by atoms with E-state index in [1.54, 1.807) is 11.6 Å². The maximum atomic E-state index is 5.95. The Labute approximate surface area is 104 Å². The third kappa shape index (κ3) is 2.52. The van der Waals surface area contributed by atoms with E-state index in [0.29, 0.717) is 15.1 Å². The Kier molecular flexibility index (Phi) is 3.30. The summed E-state index contributed by atoms with van der Waals surface area (Å²) in [6.07, 6.45) is 0. The Bertz CT molecular complexity index is 474. The van der Waals surface area contributed by atoms with E-state index in [2.05, 4.69) is 15.2 Å². The predicted molar refractivity (Wildman–Crippen MR) is 62.7 cm³/mol. The van der Waals surface area contributed by atoms with Crippen LogP contribution in [0.5, 0.6) is 0 Å². The van der Waals surface area contributed by atoms with Gasteiger partial charge < -0.3 is 5.73 Å². The van der Waals surface area contributed by atoms with Crippen LogP contribution in [-0.4, -0.2) is 15.2 Å². The van der Waals surface area contributed by atoms with E-state index in [-0.39, 0.29) is 5.82 Å². The molecule has 0 saturated carbocycles. The molecule has 0 amide bonds. The standard InChI is InChI=1S/C7H4Cl2N4S2/c8-3-1-4(9)6(12-5(3)10)15-7-13-11-2-14-7/h1-2H,(H2,10,12). The van der Waals surface area contributed by atoms with Gasteiger partial charge in [0.2, 0.25) is 0 Å². The van der Waals surface area contributed by atoms with Gasteiger partial charge in [-0.1, -0.05) is 34.5 Å². The van der Waals surface area contributed by atoms with Crippen molar-refractivity contribution in [2.45, 2.75) is 9.37 Å². The molecule has 8 heteroatoms. The molecule has 0 aromatic carbocycles. The number of nitrogens with two attached hydrogens (primary N) is 1. The molecule has 15 heavy (non-hydrogen) atoms. The lowest BCUT2D eigenvalue weighted by Crippen LogP contribution is -1.93. The van der Waals surface area contributed by atoms with Crippen molar-refractivity contribution in [2.75, 3.05) is 5.73 Å². The van der Waals surface area contributed by atoms with Crippen LogP contribution in [0.4, 0.5) is 5.82 Å². The van der Waals surface area contributed by atoms with E-state index < -0.39 is 0 Å². The van der Waals surface area contributed by atoms with Crippen LogP contribution in [0.3, 0.4) is 0 Å². The molecule has 2 N–H and O–H groups in total. The molecule has 0 unspecified atom stereocenters. The summed E-state index contributed by atoms with van der Waals surface area (Å²) < 4.78 is 0.756. The molecular weight excluding hydrogens is 275 g/mol. The number of hydrogen-bond donors (Lipinski definition) is 1. The molecule has 4 nitrogen and oxygen atoms in total. The molecule has 0 aliphatic carbocycles. The molecule has 0 atom stereocenters. The summed E-state index contributed by atoms with van der Waals surface area (Å²) in [6, 6.07) is 1.56. The normalized spacial score (nSPS) is 10.5. The van der Waals surface area contributed by atoms with Crippen LogP contribution in [0, 0.1) is 0 Å². The van der Waals surface area contributed by atoms with Gasteiger partial charge in [-0.25, -0.2) is 4.98 Å². The largest absolute Gasteiger partial charge is 0.382 e. The molecule has 0 aliphatic rings. The Balaban J connectivity index is 2.33. The van der Waals surface area contributed by atoms with Crippen molar-refractivity contribution in [1.29, 1.82) is 0 Å². The lowest BCUT2D eigenvalue weighted by Gasteiger charge is -2.03. The first-order chi connectivity index (χ1) is 7.16. The molecule has 2 aromatic rings. The fourth-order valence-electron chi connectivity index (χ4n) is 0.825. The van der Waals surface area contributed by atoms with Gasteiger partial charge in [-0.2, -0.15) is 0 Å². The summed E-state index contributed by atoms with van der Waals surface area (Å²) in [5, 5.41) is 8.95. The lowest BCUT2D eigenvalue weighted by molar-refractivity contribution is 1.01. The van der Waals surface area contributed by atoms with Gasteiger partial charge in [0.1, 0.15) is 16.4 Å². The number of pyridine rings is 1.